The number of nitrogens with zero attached hydrogens (tertiary/aromatic N) is 1. The Morgan fingerprint density at radius 3 is 2.70 bits per heavy atom. The molecule has 2 N–H and O–H groups in total. The smallest absolute Gasteiger partial charge is 0.250 e. The second-order valence-electron chi connectivity index (χ2n) is 5.67. The molecule has 3 rings (SSSR count). The fourth-order valence-corrected chi connectivity index (χ4v) is 2.49. The summed E-state index contributed by atoms with van der Waals surface area (Å²) in [6.45, 7) is 4.18. The molecule has 0 radical (unpaired) electrons. The van der Waals surface area contributed by atoms with Gasteiger partial charge in [0, 0.05) is 31.2 Å². The third kappa shape index (κ3) is 2.70. The maximum atomic E-state index is 12.6. The van der Waals surface area contributed by atoms with Gasteiger partial charge < -0.3 is 15.3 Å². The number of nitrogens with one attached hydrogen (secondary N) is 1. The van der Waals surface area contributed by atoms with E-state index in [1.807, 2.05) is 24.0 Å². The highest BCUT2D eigenvalue weighted by molar-refractivity contribution is 5.94. The van der Waals surface area contributed by atoms with Crippen LogP contribution in [0.3, 0.4) is 0 Å². The van der Waals surface area contributed by atoms with Crippen LogP contribution in [0.25, 0.3) is 0 Å². The quantitative estimate of drug-likeness (QED) is 0.822. The first-order valence-electron chi connectivity index (χ1n) is 7.13. The lowest BCUT2D eigenvalue weighted by Crippen LogP contribution is -2.39. The minimum Gasteiger partial charge on any atom is -0.508 e. The third-order valence-electron chi connectivity index (χ3n) is 4.04. The van der Waals surface area contributed by atoms with Crippen LogP contribution in [0.1, 0.15) is 25.3 Å². The number of phenolic OH excluding ortho intramolecular Hbond substituents is 1. The number of benzene rings is 1. The van der Waals surface area contributed by atoms with Gasteiger partial charge in [0.05, 0.1) is 0 Å². The van der Waals surface area contributed by atoms with Crippen LogP contribution in [0.4, 0.5) is 0 Å². The fraction of sp³-hybridized carbons (Fsp3) is 0.438. The topological polar surface area (TPSA) is 52.6 Å². The molecule has 1 heterocycles. The normalized spacial score (nSPS) is 17.6. The zero-order valence-electron chi connectivity index (χ0n) is 11.7. The summed E-state index contributed by atoms with van der Waals surface area (Å²) in [5.74, 6) is 0.399. The maximum absolute atomic E-state index is 12.6. The van der Waals surface area contributed by atoms with Crippen LogP contribution < -0.4 is 5.32 Å². The molecule has 1 saturated carbocycles. The van der Waals surface area contributed by atoms with Crippen LogP contribution >= 0.6 is 0 Å². The summed E-state index contributed by atoms with van der Waals surface area (Å²) < 4.78 is 0. The number of carbonyl (C=O) groups excluding carboxylic acids is 1. The number of phenols is 1. The standard InChI is InChI=1S/C16H20N2O2/c1-11(13-8-17-9-13)16(20)18(14-5-6-14)10-12-3-2-4-15(19)7-12/h2-4,7,14,17,19H,5-6,8-10H2,1H3. The SMILES string of the molecule is CC(C(=O)N(Cc1cccc(O)c1)C1CC1)=C1CNC1. The summed E-state index contributed by atoms with van der Waals surface area (Å²) in [4.78, 5) is 14.6. The summed E-state index contributed by atoms with van der Waals surface area (Å²) in [7, 11) is 0. The van der Waals surface area contributed by atoms with Gasteiger partial charge in [0.1, 0.15) is 5.75 Å². The van der Waals surface area contributed by atoms with E-state index in [0.29, 0.717) is 12.6 Å². The van der Waals surface area contributed by atoms with E-state index in [0.717, 1.165) is 37.1 Å². The van der Waals surface area contributed by atoms with Crippen molar-refractivity contribution in [3.8, 4) is 5.75 Å². The van der Waals surface area contributed by atoms with Crippen LogP contribution in [-0.4, -0.2) is 35.0 Å². The van der Waals surface area contributed by atoms with Gasteiger partial charge in [-0.1, -0.05) is 12.1 Å². The summed E-state index contributed by atoms with van der Waals surface area (Å²) in [5.41, 5.74) is 3.09. The largest absolute Gasteiger partial charge is 0.508 e. The van der Waals surface area contributed by atoms with Crippen molar-refractivity contribution >= 4 is 5.91 Å². The monoisotopic (exact) mass is 272 g/mol. The highest BCUT2D eigenvalue weighted by Gasteiger charge is 2.34. The predicted molar refractivity (Wildman–Crippen MR) is 77.2 cm³/mol. The van der Waals surface area contributed by atoms with Crippen LogP contribution in [0.2, 0.25) is 0 Å². The lowest BCUT2D eigenvalue weighted by Gasteiger charge is -2.27. The van der Waals surface area contributed by atoms with Gasteiger partial charge in [0.25, 0.3) is 0 Å². The van der Waals surface area contributed by atoms with Gasteiger partial charge >= 0.3 is 0 Å². The molecule has 1 saturated heterocycles. The highest BCUT2D eigenvalue weighted by atomic mass is 16.3. The summed E-state index contributed by atoms with van der Waals surface area (Å²) in [5, 5.41) is 12.7. The summed E-state index contributed by atoms with van der Waals surface area (Å²) in [6, 6.07) is 7.53. The first kappa shape index (κ1) is 13.2. The van der Waals surface area contributed by atoms with Crippen molar-refractivity contribution in [2.24, 2.45) is 0 Å². The molecule has 0 aromatic heterocycles. The van der Waals surface area contributed by atoms with Gasteiger partial charge in [-0.05, 0) is 43.0 Å². The zero-order valence-corrected chi connectivity index (χ0v) is 11.7. The van der Waals surface area contributed by atoms with E-state index < -0.39 is 0 Å². The molecule has 4 heteroatoms. The second-order valence-corrected chi connectivity index (χ2v) is 5.67. The Hall–Kier alpha value is -1.81. The van der Waals surface area contributed by atoms with E-state index in [9.17, 15) is 9.90 Å². The molecule has 2 aliphatic rings. The molecule has 0 unspecified atom stereocenters. The van der Waals surface area contributed by atoms with Crippen LogP contribution in [0, 0.1) is 0 Å². The molecule has 0 bridgehead atoms. The van der Waals surface area contributed by atoms with Crippen LogP contribution in [0.5, 0.6) is 5.75 Å². The van der Waals surface area contributed by atoms with E-state index in [4.69, 9.17) is 0 Å². The average Bonchev–Trinajstić information content (AvgIpc) is 3.17. The van der Waals surface area contributed by atoms with E-state index >= 15 is 0 Å². The third-order valence-corrected chi connectivity index (χ3v) is 4.04. The summed E-state index contributed by atoms with van der Waals surface area (Å²) >= 11 is 0. The zero-order chi connectivity index (χ0) is 14.1. The van der Waals surface area contributed by atoms with Gasteiger partial charge in [0.2, 0.25) is 5.91 Å². The van der Waals surface area contributed by atoms with E-state index in [-0.39, 0.29) is 11.7 Å². The molecule has 1 amide bonds. The van der Waals surface area contributed by atoms with Gasteiger partial charge in [-0.3, -0.25) is 4.79 Å². The fourth-order valence-electron chi connectivity index (χ4n) is 2.49. The van der Waals surface area contributed by atoms with Crippen molar-refractivity contribution in [1.29, 1.82) is 0 Å². The Balaban J connectivity index is 1.77. The van der Waals surface area contributed by atoms with Crippen molar-refractivity contribution < 1.29 is 9.90 Å². The molecular weight excluding hydrogens is 252 g/mol. The van der Waals surface area contributed by atoms with Gasteiger partial charge in [-0.2, -0.15) is 0 Å². The van der Waals surface area contributed by atoms with Crippen molar-refractivity contribution in [2.45, 2.75) is 32.4 Å². The maximum Gasteiger partial charge on any atom is 0.250 e. The highest BCUT2D eigenvalue weighted by Crippen LogP contribution is 2.30. The van der Waals surface area contributed by atoms with Crippen molar-refractivity contribution in [3.05, 3.63) is 41.0 Å². The molecule has 20 heavy (non-hydrogen) atoms. The summed E-state index contributed by atoms with van der Waals surface area (Å²) in [6.07, 6.45) is 2.18. The number of carbonyl (C=O) groups is 1. The minimum atomic E-state index is 0.146. The Kier molecular flexibility index (Phi) is 3.49. The Bertz CT molecular complexity index is 555. The molecule has 0 spiro atoms. The van der Waals surface area contributed by atoms with Gasteiger partial charge in [-0.15, -0.1) is 0 Å². The molecule has 1 aromatic carbocycles. The van der Waals surface area contributed by atoms with Crippen molar-refractivity contribution in [3.63, 3.8) is 0 Å². The Labute approximate surface area is 119 Å². The van der Waals surface area contributed by atoms with Crippen LogP contribution in [0.15, 0.2) is 35.4 Å². The first-order chi connectivity index (χ1) is 9.65. The average molecular weight is 272 g/mol. The molecule has 2 fully saturated rings. The predicted octanol–water partition coefficient (Wildman–Crippen LogP) is 1.80. The first-order valence-corrected chi connectivity index (χ1v) is 7.13. The Morgan fingerprint density at radius 1 is 1.40 bits per heavy atom. The van der Waals surface area contributed by atoms with Crippen molar-refractivity contribution in [2.75, 3.05) is 13.1 Å². The Morgan fingerprint density at radius 2 is 2.15 bits per heavy atom. The molecule has 106 valence electrons. The number of hydrogen-bond donors (Lipinski definition) is 2. The second kappa shape index (κ2) is 5.29. The van der Waals surface area contributed by atoms with Gasteiger partial charge in [-0.25, -0.2) is 0 Å². The minimum absolute atomic E-state index is 0.146. The van der Waals surface area contributed by atoms with E-state index in [1.54, 1.807) is 12.1 Å². The molecule has 1 aromatic rings. The van der Waals surface area contributed by atoms with Crippen molar-refractivity contribution in [1.82, 2.24) is 10.2 Å². The molecule has 0 atom stereocenters. The number of rotatable bonds is 4. The van der Waals surface area contributed by atoms with Crippen LogP contribution in [-0.2, 0) is 11.3 Å². The molecule has 4 nitrogen and oxygen atoms in total. The number of hydrogen-bond acceptors (Lipinski definition) is 3. The molecule has 1 aliphatic heterocycles. The number of aromatic hydroxyl groups is 1. The van der Waals surface area contributed by atoms with E-state index in [2.05, 4.69) is 5.32 Å². The lowest BCUT2D eigenvalue weighted by atomic mass is 10.0. The molecular formula is C16H20N2O2. The van der Waals surface area contributed by atoms with Gasteiger partial charge in [0.15, 0.2) is 0 Å². The lowest BCUT2D eigenvalue weighted by molar-refractivity contribution is -0.128. The molecule has 1 aliphatic carbocycles. The van der Waals surface area contributed by atoms with E-state index in [1.165, 1.54) is 5.57 Å². The number of amides is 1.